The minimum Gasteiger partial charge on any atom is -0.495 e. The molecule has 0 unspecified atom stereocenters. The van der Waals surface area contributed by atoms with Gasteiger partial charge in [0.05, 0.1) is 18.3 Å². The molecule has 0 saturated heterocycles. The summed E-state index contributed by atoms with van der Waals surface area (Å²) in [6.07, 6.45) is 2.52. The number of benzene rings is 1. The van der Waals surface area contributed by atoms with Gasteiger partial charge in [-0.25, -0.2) is 0 Å². The van der Waals surface area contributed by atoms with Crippen LogP contribution in [0.5, 0.6) is 5.75 Å². The van der Waals surface area contributed by atoms with Gasteiger partial charge in [-0.15, -0.1) is 0 Å². The van der Waals surface area contributed by atoms with E-state index in [0.717, 1.165) is 23.7 Å². The van der Waals surface area contributed by atoms with Gasteiger partial charge < -0.3 is 15.4 Å². The first kappa shape index (κ1) is 7.97. The number of nitrogens with one attached hydrogen (secondary N) is 2. The molecule has 3 nitrogen and oxygen atoms in total. The van der Waals surface area contributed by atoms with Crippen molar-refractivity contribution in [2.45, 2.75) is 18.4 Å². The molecule has 1 fully saturated rings. The van der Waals surface area contributed by atoms with Crippen molar-refractivity contribution >= 4 is 11.4 Å². The predicted octanol–water partition coefficient (Wildman–Crippen LogP) is 2.07. The van der Waals surface area contributed by atoms with E-state index in [2.05, 4.69) is 16.7 Å². The Morgan fingerprint density at radius 3 is 2.93 bits per heavy atom. The summed E-state index contributed by atoms with van der Waals surface area (Å²) in [6, 6.07) is 6.09. The van der Waals surface area contributed by atoms with Crippen molar-refractivity contribution in [2.75, 3.05) is 24.3 Å². The number of ether oxygens (including phenoxy) is 1. The van der Waals surface area contributed by atoms with Gasteiger partial charge in [-0.05, 0) is 25.0 Å². The van der Waals surface area contributed by atoms with Crippen molar-refractivity contribution in [1.82, 2.24) is 0 Å². The normalized spacial score (nSPS) is 20.6. The minimum absolute atomic E-state index is 0.321. The van der Waals surface area contributed by atoms with E-state index in [-0.39, 0.29) is 0 Å². The molecule has 1 spiro atoms. The Bertz CT molecular complexity index is 357. The van der Waals surface area contributed by atoms with E-state index in [9.17, 15) is 0 Å². The summed E-state index contributed by atoms with van der Waals surface area (Å²) in [7, 11) is 1.71. The van der Waals surface area contributed by atoms with Crippen LogP contribution in [-0.2, 0) is 0 Å². The number of fused-ring (bicyclic) bond motifs is 1. The smallest absolute Gasteiger partial charge is 0.144 e. The van der Waals surface area contributed by atoms with Gasteiger partial charge in [0.15, 0.2) is 0 Å². The molecule has 0 amide bonds. The molecule has 1 aliphatic heterocycles. The fourth-order valence-electron chi connectivity index (χ4n) is 2.00. The van der Waals surface area contributed by atoms with Gasteiger partial charge in [0.25, 0.3) is 0 Å². The lowest BCUT2D eigenvalue weighted by Gasteiger charge is -2.29. The maximum Gasteiger partial charge on any atom is 0.144 e. The maximum absolute atomic E-state index is 5.33. The average Bonchev–Trinajstić information content (AvgIpc) is 2.97. The van der Waals surface area contributed by atoms with Gasteiger partial charge in [0, 0.05) is 6.54 Å². The largest absolute Gasteiger partial charge is 0.495 e. The summed E-state index contributed by atoms with van der Waals surface area (Å²) in [5, 5.41) is 7.03. The zero-order chi connectivity index (χ0) is 9.60. The number of para-hydroxylation sites is 1. The summed E-state index contributed by atoms with van der Waals surface area (Å²) in [6.45, 7) is 1.03. The van der Waals surface area contributed by atoms with Crippen LogP contribution in [-0.4, -0.2) is 19.2 Å². The third-order valence-electron chi connectivity index (χ3n) is 3.11. The Labute approximate surface area is 83.5 Å². The number of hydrogen-bond acceptors (Lipinski definition) is 3. The van der Waals surface area contributed by atoms with Crippen LogP contribution in [0, 0.1) is 0 Å². The Morgan fingerprint density at radius 1 is 1.36 bits per heavy atom. The van der Waals surface area contributed by atoms with Crippen LogP contribution in [0.15, 0.2) is 18.2 Å². The fourth-order valence-corrected chi connectivity index (χ4v) is 2.00. The second-order valence-electron chi connectivity index (χ2n) is 4.14. The second kappa shape index (κ2) is 2.56. The molecule has 0 radical (unpaired) electrons. The van der Waals surface area contributed by atoms with Crippen molar-refractivity contribution in [1.29, 1.82) is 0 Å². The van der Waals surface area contributed by atoms with Gasteiger partial charge in [-0.3, -0.25) is 0 Å². The topological polar surface area (TPSA) is 33.3 Å². The lowest BCUT2D eigenvalue weighted by atomic mass is 10.1. The highest BCUT2D eigenvalue weighted by Crippen LogP contribution is 2.47. The average molecular weight is 190 g/mol. The Kier molecular flexibility index (Phi) is 1.46. The number of hydrogen-bond donors (Lipinski definition) is 2. The predicted molar refractivity (Wildman–Crippen MR) is 57.1 cm³/mol. The molecule has 0 atom stereocenters. The van der Waals surface area contributed by atoms with Crippen LogP contribution in [0.2, 0.25) is 0 Å². The molecule has 14 heavy (non-hydrogen) atoms. The van der Waals surface area contributed by atoms with Gasteiger partial charge >= 0.3 is 0 Å². The molecule has 2 N–H and O–H groups in total. The van der Waals surface area contributed by atoms with Gasteiger partial charge in [-0.1, -0.05) is 6.07 Å². The Hall–Kier alpha value is -1.38. The van der Waals surface area contributed by atoms with Crippen molar-refractivity contribution in [3.8, 4) is 5.75 Å². The molecule has 0 bridgehead atoms. The van der Waals surface area contributed by atoms with Crippen LogP contribution >= 0.6 is 0 Å². The van der Waals surface area contributed by atoms with Crippen molar-refractivity contribution in [3.05, 3.63) is 18.2 Å². The molecule has 74 valence electrons. The fraction of sp³-hybridized carbons (Fsp3) is 0.455. The zero-order valence-electron chi connectivity index (χ0n) is 8.26. The molecule has 1 aliphatic carbocycles. The van der Waals surface area contributed by atoms with Gasteiger partial charge in [0.2, 0.25) is 0 Å². The highest BCUT2D eigenvalue weighted by atomic mass is 16.5. The first-order chi connectivity index (χ1) is 6.83. The highest BCUT2D eigenvalue weighted by Gasteiger charge is 2.45. The van der Waals surface area contributed by atoms with Gasteiger partial charge in [0.1, 0.15) is 11.4 Å². The van der Waals surface area contributed by atoms with E-state index >= 15 is 0 Å². The van der Waals surface area contributed by atoms with E-state index in [1.54, 1.807) is 7.11 Å². The molecule has 1 saturated carbocycles. The van der Waals surface area contributed by atoms with Crippen molar-refractivity contribution in [3.63, 3.8) is 0 Å². The van der Waals surface area contributed by atoms with Crippen molar-refractivity contribution < 1.29 is 4.74 Å². The van der Waals surface area contributed by atoms with Crippen LogP contribution < -0.4 is 15.4 Å². The summed E-state index contributed by atoms with van der Waals surface area (Å²) >= 11 is 0. The van der Waals surface area contributed by atoms with Crippen molar-refractivity contribution in [2.24, 2.45) is 0 Å². The first-order valence-corrected chi connectivity index (χ1v) is 5.02. The zero-order valence-corrected chi connectivity index (χ0v) is 8.26. The number of methoxy groups -OCH3 is 1. The Morgan fingerprint density at radius 2 is 2.21 bits per heavy atom. The van der Waals surface area contributed by atoms with E-state index in [1.165, 1.54) is 12.8 Å². The van der Waals surface area contributed by atoms with E-state index < -0.39 is 0 Å². The summed E-state index contributed by atoms with van der Waals surface area (Å²) in [5.41, 5.74) is 2.60. The molecule has 1 heterocycles. The highest BCUT2D eigenvalue weighted by molar-refractivity contribution is 5.79. The molecule has 3 heteroatoms. The first-order valence-electron chi connectivity index (χ1n) is 5.02. The van der Waals surface area contributed by atoms with E-state index in [4.69, 9.17) is 4.74 Å². The third-order valence-corrected chi connectivity index (χ3v) is 3.11. The van der Waals surface area contributed by atoms with Crippen LogP contribution in [0.1, 0.15) is 12.8 Å². The molecular formula is C11H14N2O. The monoisotopic (exact) mass is 190 g/mol. The van der Waals surface area contributed by atoms with E-state index in [0.29, 0.717) is 5.54 Å². The number of anilines is 2. The summed E-state index contributed by atoms with van der Waals surface area (Å²) in [4.78, 5) is 0. The van der Waals surface area contributed by atoms with Crippen LogP contribution in [0.4, 0.5) is 11.4 Å². The summed E-state index contributed by atoms with van der Waals surface area (Å²) < 4.78 is 5.33. The quantitative estimate of drug-likeness (QED) is 0.711. The maximum atomic E-state index is 5.33. The number of rotatable bonds is 1. The SMILES string of the molecule is COc1cccc2c1NC1(CC1)CN2. The van der Waals surface area contributed by atoms with Crippen LogP contribution in [0.3, 0.4) is 0 Å². The van der Waals surface area contributed by atoms with Crippen LogP contribution in [0.25, 0.3) is 0 Å². The minimum atomic E-state index is 0.321. The molecular weight excluding hydrogens is 176 g/mol. The Balaban J connectivity index is 2.04. The lowest BCUT2D eigenvalue weighted by Crippen LogP contribution is -2.35. The molecule has 0 aromatic heterocycles. The van der Waals surface area contributed by atoms with E-state index in [1.807, 2.05) is 12.1 Å². The second-order valence-corrected chi connectivity index (χ2v) is 4.14. The molecule has 3 rings (SSSR count). The lowest BCUT2D eigenvalue weighted by molar-refractivity contribution is 0.415. The molecule has 1 aromatic rings. The van der Waals surface area contributed by atoms with Gasteiger partial charge in [-0.2, -0.15) is 0 Å². The third kappa shape index (κ3) is 1.05. The molecule has 1 aromatic carbocycles. The standard InChI is InChI=1S/C11H14N2O/c1-14-9-4-2-3-8-10(9)13-11(5-6-11)7-12-8/h2-4,12-13H,5-7H2,1H3. The molecule has 2 aliphatic rings. The summed E-state index contributed by atoms with van der Waals surface area (Å²) in [5.74, 6) is 0.931.